The van der Waals surface area contributed by atoms with Crippen LogP contribution in [0.2, 0.25) is 5.02 Å². The van der Waals surface area contributed by atoms with Crippen molar-refractivity contribution in [2.45, 2.75) is 26.3 Å². The summed E-state index contributed by atoms with van der Waals surface area (Å²) in [6.45, 7) is 2.12. The fraction of sp³-hybridized carbons (Fsp3) is 0.222. The average molecular weight is 399 g/mol. The molecule has 0 bridgehead atoms. The van der Waals surface area contributed by atoms with Crippen molar-refractivity contribution in [3.8, 4) is 5.75 Å². The van der Waals surface area contributed by atoms with Crippen LogP contribution in [-0.4, -0.2) is 27.2 Å². The fourth-order valence-corrected chi connectivity index (χ4v) is 3.06. The van der Waals surface area contributed by atoms with Crippen molar-refractivity contribution < 1.29 is 27.8 Å². The van der Waals surface area contributed by atoms with Crippen LogP contribution in [-0.2, 0) is 13.0 Å². The average Bonchev–Trinajstić information content (AvgIpc) is 2.93. The summed E-state index contributed by atoms with van der Waals surface area (Å²) in [5.41, 5.74) is 1.76. The number of hydrogen-bond acceptors (Lipinski definition) is 3. The molecule has 0 aliphatic rings. The number of aromatic nitrogens is 2. The van der Waals surface area contributed by atoms with Crippen LogP contribution in [0.3, 0.4) is 0 Å². The number of carboxylic acids is 1. The summed E-state index contributed by atoms with van der Waals surface area (Å²) in [5, 5.41) is 14.2. The Morgan fingerprint density at radius 3 is 2.59 bits per heavy atom. The number of benzene rings is 2. The first kappa shape index (κ1) is 19.0. The zero-order valence-corrected chi connectivity index (χ0v) is 14.8. The van der Waals surface area contributed by atoms with Gasteiger partial charge in [-0.3, -0.25) is 4.68 Å². The molecule has 1 aromatic heterocycles. The van der Waals surface area contributed by atoms with Gasteiger partial charge in [0.1, 0.15) is 5.75 Å². The Balaban J connectivity index is 2.10. The molecule has 27 heavy (non-hydrogen) atoms. The summed E-state index contributed by atoms with van der Waals surface area (Å²) in [7, 11) is 0. The molecule has 0 fully saturated rings. The number of nitrogens with zero attached hydrogens (tertiary/aromatic N) is 2. The molecule has 0 atom stereocenters. The van der Waals surface area contributed by atoms with Crippen LogP contribution in [0.5, 0.6) is 5.75 Å². The maximum atomic E-state index is 12.5. The topological polar surface area (TPSA) is 64.4 Å². The Bertz CT molecular complexity index is 1010. The molecule has 3 rings (SSSR count). The minimum atomic E-state index is -4.85. The van der Waals surface area contributed by atoms with Crippen LogP contribution in [0.1, 0.15) is 28.5 Å². The molecule has 0 unspecified atom stereocenters. The summed E-state index contributed by atoms with van der Waals surface area (Å²) < 4.78 is 42.8. The van der Waals surface area contributed by atoms with Gasteiger partial charge in [0.2, 0.25) is 0 Å². The van der Waals surface area contributed by atoms with E-state index in [-0.39, 0.29) is 23.1 Å². The molecular formula is C18H14ClF3N2O3. The number of alkyl halides is 3. The number of hydrogen-bond donors (Lipinski definition) is 1. The van der Waals surface area contributed by atoms with Gasteiger partial charge in [0.25, 0.3) is 0 Å². The Morgan fingerprint density at radius 1 is 1.22 bits per heavy atom. The highest BCUT2D eigenvalue weighted by Gasteiger charge is 2.31. The minimum Gasteiger partial charge on any atom is -0.476 e. The van der Waals surface area contributed by atoms with E-state index < -0.39 is 18.1 Å². The molecule has 5 nitrogen and oxygen atoms in total. The van der Waals surface area contributed by atoms with Crippen LogP contribution in [0, 0.1) is 0 Å². The van der Waals surface area contributed by atoms with E-state index in [9.17, 15) is 23.1 Å². The van der Waals surface area contributed by atoms with Gasteiger partial charge in [-0.1, -0.05) is 24.6 Å². The van der Waals surface area contributed by atoms with Crippen LogP contribution in [0.15, 0.2) is 36.4 Å². The Hall–Kier alpha value is -2.74. The lowest BCUT2D eigenvalue weighted by atomic mass is 10.1. The quantitative estimate of drug-likeness (QED) is 0.664. The summed E-state index contributed by atoms with van der Waals surface area (Å²) in [6.07, 6.45) is -4.16. The van der Waals surface area contributed by atoms with Gasteiger partial charge in [0.15, 0.2) is 5.69 Å². The second kappa shape index (κ2) is 7.11. The molecule has 0 radical (unpaired) electrons. The number of fused-ring (bicyclic) bond motifs is 1. The first-order valence-electron chi connectivity index (χ1n) is 7.95. The van der Waals surface area contributed by atoms with E-state index in [4.69, 9.17) is 11.6 Å². The molecule has 0 spiro atoms. The molecule has 0 aliphatic carbocycles. The monoisotopic (exact) mass is 398 g/mol. The molecule has 1 N–H and O–H groups in total. The number of carboxylic acid groups (broad SMARTS) is 1. The molecule has 142 valence electrons. The number of aromatic carboxylic acids is 1. The molecule has 9 heteroatoms. The Labute approximate surface area is 156 Å². The maximum absolute atomic E-state index is 12.5. The minimum absolute atomic E-state index is 0.180. The summed E-state index contributed by atoms with van der Waals surface area (Å²) in [6, 6.07) is 8.71. The Morgan fingerprint density at radius 2 is 1.96 bits per heavy atom. The maximum Gasteiger partial charge on any atom is 0.573 e. The van der Waals surface area contributed by atoms with Crippen molar-refractivity contribution in [2.75, 3.05) is 0 Å². The number of rotatable bonds is 5. The first-order chi connectivity index (χ1) is 12.7. The van der Waals surface area contributed by atoms with Crippen molar-refractivity contribution >= 4 is 28.5 Å². The number of aryl methyl sites for hydroxylation is 1. The van der Waals surface area contributed by atoms with E-state index in [0.29, 0.717) is 11.4 Å². The first-order valence-corrected chi connectivity index (χ1v) is 8.32. The van der Waals surface area contributed by atoms with Crippen molar-refractivity contribution in [3.05, 3.63) is 58.2 Å². The van der Waals surface area contributed by atoms with E-state index in [0.717, 1.165) is 23.3 Å². The normalized spacial score (nSPS) is 11.7. The lowest BCUT2D eigenvalue weighted by molar-refractivity contribution is -0.274. The van der Waals surface area contributed by atoms with Crippen LogP contribution in [0.25, 0.3) is 10.9 Å². The summed E-state index contributed by atoms with van der Waals surface area (Å²) in [4.78, 5) is 11.5. The SMILES string of the molecule is CCc1cc(Cl)ccc1Cn1nc(C(=O)O)c2ccc(OC(F)(F)F)cc21. The third-order valence-corrected chi connectivity index (χ3v) is 4.26. The van der Waals surface area contributed by atoms with Gasteiger partial charge in [-0.2, -0.15) is 5.10 Å². The zero-order chi connectivity index (χ0) is 19.8. The van der Waals surface area contributed by atoms with Crippen molar-refractivity contribution in [1.29, 1.82) is 0 Å². The number of carbonyl (C=O) groups is 1. The zero-order valence-electron chi connectivity index (χ0n) is 14.0. The van der Waals surface area contributed by atoms with Crippen molar-refractivity contribution in [3.63, 3.8) is 0 Å². The molecule has 0 saturated carbocycles. The highest BCUT2D eigenvalue weighted by atomic mass is 35.5. The van der Waals surface area contributed by atoms with E-state index in [1.807, 2.05) is 6.92 Å². The van der Waals surface area contributed by atoms with Crippen LogP contribution >= 0.6 is 11.6 Å². The van der Waals surface area contributed by atoms with Crippen LogP contribution < -0.4 is 4.74 Å². The fourth-order valence-electron chi connectivity index (χ4n) is 2.87. The lowest BCUT2D eigenvalue weighted by Gasteiger charge is -2.11. The van der Waals surface area contributed by atoms with E-state index in [1.165, 1.54) is 10.7 Å². The highest BCUT2D eigenvalue weighted by molar-refractivity contribution is 6.30. The molecule has 0 aliphatic heterocycles. The van der Waals surface area contributed by atoms with Gasteiger partial charge in [-0.15, -0.1) is 13.2 Å². The van der Waals surface area contributed by atoms with E-state index in [2.05, 4.69) is 9.84 Å². The van der Waals surface area contributed by atoms with Crippen molar-refractivity contribution in [2.24, 2.45) is 0 Å². The molecule has 3 aromatic rings. The van der Waals surface area contributed by atoms with Gasteiger partial charge in [-0.05, 0) is 41.8 Å². The van der Waals surface area contributed by atoms with Crippen LogP contribution in [0.4, 0.5) is 13.2 Å². The summed E-state index contributed by atoms with van der Waals surface area (Å²) in [5.74, 6) is -1.71. The van der Waals surface area contributed by atoms with Gasteiger partial charge >= 0.3 is 12.3 Å². The van der Waals surface area contributed by atoms with Gasteiger partial charge in [0, 0.05) is 16.5 Å². The molecule has 1 heterocycles. The van der Waals surface area contributed by atoms with E-state index in [1.54, 1.807) is 18.2 Å². The predicted octanol–water partition coefficient (Wildman–Crippen LogP) is 4.90. The Kier molecular flexibility index (Phi) is 5.01. The predicted molar refractivity (Wildman–Crippen MR) is 93.3 cm³/mol. The molecule has 0 saturated heterocycles. The largest absolute Gasteiger partial charge is 0.573 e. The third kappa shape index (κ3) is 4.16. The number of ether oxygens (including phenoxy) is 1. The second-order valence-corrected chi connectivity index (χ2v) is 6.24. The summed E-state index contributed by atoms with van der Waals surface area (Å²) >= 11 is 6.00. The lowest BCUT2D eigenvalue weighted by Crippen LogP contribution is -2.17. The van der Waals surface area contributed by atoms with Gasteiger partial charge in [-0.25, -0.2) is 4.79 Å². The molecular weight excluding hydrogens is 385 g/mol. The second-order valence-electron chi connectivity index (χ2n) is 5.80. The van der Waals surface area contributed by atoms with Gasteiger partial charge in [0.05, 0.1) is 12.1 Å². The smallest absolute Gasteiger partial charge is 0.476 e. The molecule has 2 aromatic carbocycles. The van der Waals surface area contributed by atoms with Gasteiger partial charge < -0.3 is 9.84 Å². The standard InChI is InChI=1S/C18H14ClF3N2O3/c1-2-10-7-12(19)4-3-11(10)9-24-15-8-13(27-18(20,21)22)5-6-14(15)16(23-24)17(25)26/h3-8H,2,9H2,1H3,(H,25,26). The molecule has 0 amide bonds. The number of halogens is 4. The third-order valence-electron chi connectivity index (χ3n) is 4.03. The highest BCUT2D eigenvalue weighted by Crippen LogP contribution is 2.29. The van der Waals surface area contributed by atoms with E-state index >= 15 is 0 Å². The van der Waals surface area contributed by atoms with Crippen molar-refractivity contribution in [1.82, 2.24) is 9.78 Å².